The van der Waals surface area contributed by atoms with Crippen molar-refractivity contribution in [3.63, 3.8) is 0 Å². The van der Waals surface area contributed by atoms with Gasteiger partial charge in [-0.2, -0.15) is 0 Å². The molecular weight excluding hydrogens is 331 g/mol. The average molecular weight is 335 g/mol. The van der Waals surface area contributed by atoms with E-state index in [0.717, 1.165) is 0 Å². The summed E-state index contributed by atoms with van der Waals surface area (Å²) in [5.41, 5.74) is 0. The van der Waals surface area contributed by atoms with E-state index in [1.54, 1.807) is 0 Å². The van der Waals surface area contributed by atoms with Crippen molar-refractivity contribution in [2.75, 3.05) is 0 Å². The summed E-state index contributed by atoms with van der Waals surface area (Å²) < 4.78 is 0. The van der Waals surface area contributed by atoms with Crippen molar-refractivity contribution in [1.29, 1.82) is 0 Å². The standard InChI is InChI=1S/La.H2O.Sr.Y.2H/h;1H2;;;;/q;;+2;;2*-1. The summed E-state index contributed by atoms with van der Waals surface area (Å²) in [7, 11) is 0. The molecule has 0 fully saturated rings. The molecule has 4 heavy (non-hydrogen) atoms. The molecule has 0 aromatic heterocycles. The molecule has 0 unspecified atom stereocenters. The maximum Gasteiger partial charge on any atom is 2.00 e. The van der Waals surface area contributed by atoms with E-state index in [1.165, 1.54) is 0 Å². The molecule has 0 saturated heterocycles. The molecule has 0 atom stereocenters. The predicted octanol–water partition coefficient (Wildman–Crippen LogP) is -0.983. The van der Waals surface area contributed by atoms with Gasteiger partial charge in [0.05, 0.1) is 0 Å². The van der Waals surface area contributed by atoms with E-state index in [4.69, 9.17) is 0 Å². The molecule has 0 bridgehead atoms. The van der Waals surface area contributed by atoms with Gasteiger partial charge in [-0.15, -0.1) is 0 Å². The Hall–Kier alpha value is 3.74. The maximum absolute atomic E-state index is 0. The molecule has 0 aliphatic carbocycles. The number of hydrogen-bond donors (Lipinski definition) is 0. The Kier molecular flexibility index (Phi) is 99.8. The van der Waals surface area contributed by atoms with E-state index < -0.39 is 0 Å². The summed E-state index contributed by atoms with van der Waals surface area (Å²) in [5, 5.41) is 0. The van der Waals surface area contributed by atoms with Gasteiger partial charge < -0.3 is 8.33 Å². The van der Waals surface area contributed by atoms with Gasteiger partial charge in [0.1, 0.15) is 0 Å². The van der Waals surface area contributed by atoms with Crippen molar-refractivity contribution >= 4 is 45.5 Å². The summed E-state index contributed by atoms with van der Waals surface area (Å²) in [6.07, 6.45) is 0. The van der Waals surface area contributed by atoms with Crippen LogP contribution in [0.2, 0.25) is 0 Å². The number of hydrogen-bond acceptors (Lipinski definition) is 0. The minimum absolute atomic E-state index is 0. The van der Waals surface area contributed by atoms with Gasteiger partial charge in [-0.05, 0) is 0 Å². The van der Waals surface area contributed by atoms with Gasteiger partial charge in [0.25, 0.3) is 0 Å². The molecule has 2 N–H and O–H groups in total. The molecule has 0 aliphatic heterocycles. The first-order chi connectivity index (χ1) is 0. The van der Waals surface area contributed by atoms with Crippen LogP contribution in [0.15, 0.2) is 0 Å². The van der Waals surface area contributed by atoms with Crippen molar-refractivity contribution in [2.45, 2.75) is 0 Å². The van der Waals surface area contributed by atoms with Crippen LogP contribution in [0, 0.1) is 35.6 Å². The minimum atomic E-state index is 0. The molecule has 4 heteroatoms. The van der Waals surface area contributed by atoms with Crippen molar-refractivity contribution < 1.29 is 76.6 Å². The molecule has 0 saturated carbocycles. The molecule has 0 amide bonds. The fraction of sp³-hybridized carbons (Fsp3) is 0. The SMILES string of the molecule is O.[H-].[H-].[La].[Sr+2].[Y]. The Morgan fingerprint density at radius 1 is 1.25 bits per heavy atom. The van der Waals surface area contributed by atoms with Crippen LogP contribution < -0.4 is 0 Å². The summed E-state index contributed by atoms with van der Waals surface area (Å²) in [5.74, 6) is 0. The summed E-state index contributed by atoms with van der Waals surface area (Å²) in [6, 6.07) is 0. The van der Waals surface area contributed by atoms with E-state index in [0.29, 0.717) is 0 Å². The molecule has 0 aliphatic rings. The Labute approximate surface area is 119 Å². The molecule has 0 heterocycles. The summed E-state index contributed by atoms with van der Waals surface area (Å²) in [6.45, 7) is 0. The van der Waals surface area contributed by atoms with Gasteiger partial charge in [0.15, 0.2) is 0 Å². The Morgan fingerprint density at radius 3 is 1.25 bits per heavy atom. The molecular formula is H4LaOSrY. The zero-order chi connectivity index (χ0) is 0. The number of rotatable bonds is 0. The second kappa shape index (κ2) is 15.9. The quantitative estimate of drug-likeness (QED) is 0.510. The topological polar surface area (TPSA) is 31.5 Å². The van der Waals surface area contributed by atoms with Gasteiger partial charge in [-0.3, -0.25) is 0 Å². The summed E-state index contributed by atoms with van der Waals surface area (Å²) >= 11 is 0. The molecule has 0 rings (SSSR count). The van der Waals surface area contributed by atoms with Crippen LogP contribution in [0.1, 0.15) is 2.85 Å². The third-order valence-corrected chi connectivity index (χ3v) is 0. The van der Waals surface area contributed by atoms with Gasteiger partial charge >= 0.3 is 45.5 Å². The van der Waals surface area contributed by atoms with E-state index in [2.05, 4.69) is 0 Å². The fourth-order valence-corrected chi connectivity index (χ4v) is 0. The van der Waals surface area contributed by atoms with Crippen LogP contribution in [-0.4, -0.2) is 51.0 Å². The van der Waals surface area contributed by atoms with Crippen LogP contribution in [0.4, 0.5) is 0 Å². The van der Waals surface area contributed by atoms with E-state index in [-0.39, 0.29) is 122 Å². The van der Waals surface area contributed by atoms with Crippen molar-refractivity contribution in [3.05, 3.63) is 0 Å². The predicted molar refractivity (Wildman–Crippen MR) is 11.6 cm³/mol. The largest absolute Gasteiger partial charge is 2.00 e. The van der Waals surface area contributed by atoms with Crippen LogP contribution >= 0.6 is 0 Å². The molecule has 18 valence electrons. The van der Waals surface area contributed by atoms with E-state index in [1.807, 2.05) is 0 Å². The molecule has 1 nitrogen and oxygen atoms in total. The van der Waals surface area contributed by atoms with Crippen LogP contribution in [-0.2, 0) is 32.7 Å². The van der Waals surface area contributed by atoms with Gasteiger partial charge in [-0.25, -0.2) is 0 Å². The smallest absolute Gasteiger partial charge is 1.00 e. The zero-order valence-corrected chi connectivity index (χ0v) is 12.3. The van der Waals surface area contributed by atoms with Crippen LogP contribution in [0.5, 0.6) is 0 Å². The second-order valence-electron chi connectivity index (χ2n) is 0. The van der Waals surface area contributed by atoms with Crippen LogP contribution in [0.25, 0.3) is 0 Å². The van der Waals surface area contributed by atoms with E-state index in [9.17, 15) is 0 Å². The Bertz CT molecular complexity index is 13.5. The molecule has 0 spiro atoms. The Morgan fingerprint density at radius 2 is 1.25 bits per heavy atom. The first-order valence-corrected chi connectivity index (χ1v) is 0. The first-order valence-electron chi connectivity index (χ1n) is 0. The molecule has 0 aromatic carbocycles. The third-order valence-electron chi connectivity index (χ3n) is 0. The molecule has 0 aromatic rings. The molecule has 2 radical (unpaired) electrons. The zero-order valence-electron chi connectivity index (χ0n) is 4.36. The van der Waals surface area contributed by atoms with Crippen molar-refractivity contribution in [1.82, 2.24) is 0 Å². The third kappa shape index (κ3) is 9.22. The second-order valence-corrected chi connectivity index (χ2v) is 0. The van der Waals surface area contributed by atoms with Crippen molar-refractivity contribution in [3.8, 4) is 0 Å². The van der Waals surface area contributed by atoms with E-state index >= 15 is 0 Å². The Balaban J connectivity index is 0. The minimum Gasteiger partial charge on any atom is -1.00 e. The van der Waals surface area contributed by atoms with Gasteiger partial charge in [0, 0.05) is 68.3 Å². The van der Waals surface area contributed by atoms with Gasteiger partial charge in [0.2, 0.25) is 0 Å². The van der Waals surface area contributed by atoms with Crippen LogP contribution in [0.3, 0.4) is 0 Å². The maximum atomic E-state index is 0. The summed E-state index contributed by atoms with van der Waals surface area (Å²) in [4.78, 5) is 0. The average Bonchev–Trinajstić information content (AvgIpc) is 0. The fourth-order valence-electron chi connectivity index (χ4n) is 0. The van der Waals surface area contributed by atoms with Crippen molar-refractivity contribution in [2.24, 2.45) is 0 Å². The van der Waals surface area contributed by atoms with Gasteiger partial charge in [-0.1, -0.05) is 0 Å². The normalized spacial score (nSPS) is 0. The monoisotopic (exact) mass is 336 g/mol. The first kappa shape index (κ1) is 25.1.